The van der Waals surface area contributed by atoms with Gasteiger partial charge in [0.15, 0.2) is 0 Å². The molecule has 2 rings (SSSR count). The molecule has 21 heavy (non-hydrogen) atoms. The quantitative estimate of drug-likeness (QED) is 0.785. The molecule has 124 valence electrons. The molecule has 2 nitrogen and oxygen atoms in total. The molecule has 0 aromatic carbocycles. The number of nitrogens with two attached hydrogens (primary N) is 1. The molecule has 0 heterocycles. The summed E-state index contributed by atoms with van der Waals surface area (Å²) in [7, 11) is 0. The largest absolute Gasteiger partial charge is 0.327 e. The number of hydrogen-bond donors (Lipinski definition) is 1. The molecular weight excluding hydrogens is 256 g/mol. The van der Waals surface area contributed by atoms with Crippen molar-refractivity contribution in [1.29, 1.82) is 0 Å². The van der Waals surface area contributed by atoms with E-state index < -0.39 is 0 Å². The smallest absolute Gasteiger partial charge is 0.0131 e. The van der Waals surface area contributed by atoms with Crippen molar-refractivity contribution >= 4 is 0 Å². The zero-order chi connectivity index (χ0) is 15.5. The SMILES string of the molecule is CC(C)CCN(CC1CCCC(C)(C)C1N)C1CCCC1. The fraction of sp³-hybridized carbons (Fsp3) is 1.00. The Morgan fingerprint density at radius 1 is 1.10 bits per heavy atom. The molecule has 0 aliphatic heterocycles. The summed E-state index contributed by atoms with van der Waals surface area (Å²) in [5.74, 6) is 1.52. The Morgan fingerprint density at radius 3 is 2.38 bits per heavy atom. The lowest BCUT2D eigenvalue weighted by atomic mass is 9.68. The van der Waals surface area contributed by atoms with E-state index in [1.807, 2.05) is 0 Å². The van der Waals surface area contributed by atoms with E-state index in [0.717, 1.165) is 12.0 Å². The van der Waals surface area contributed by atoms with Gasteiger partial charge in [-0.3, -0.25) is 0 Å². The predicted octanol–water partition coefficient (Wildman–Crippen LogP) is 4.43. The molecule has 2 fully saturated rings. The Kier molecular flexibility index (Phi) is 6.14. The van der Waals surface area contributed by atoms with Gasteiger partial charge in [0, 0.05) is 18.6 Å². The van der Waals surface area contributed by atoms with Crippen LogP contribution in [0.5, 0.6) is 0 Å². The standard InChI is InChI=1S/C19H38N2/c1-15(2)11-13-21(17-9-5-6-10-17)14-16-8-7-12-19(3,4)18(16)20/h15-18H,5-14,20H2,1-4H3. The Hall–Kier alpha value is -0.0800. The second-order valence-corrected chi connectivity index (χ2v) is 8.78. The minimum atomic E-state index is 0.336. The Morgan fingerprint density at radius 2 is 1.76 bits per heavy atom. The van der Waals surface area contributed by atoms with E-state index in [4.69, 9.17) is 5.73 Å². The van der Waals surface area contributed by atoms with E-state index in [0.29, 0.717) is 17.4 Å². The second kappa shape index (κ2) is 7.46. The molecule has 0 saturated heterocycles. The van der Waals surface area contributed by atoms with Crippen LogP contribution in [-0.2, 0) is 0 Å². The number of nitrogens with zero attached hydrogens (tertiary/aromatic N) is 1. The number of rotatable bonds is 6. The Balaban J connectivity index is 1.96. The van der Waals surface area contributed by atoms with Gasteiger partial charge in [0.25, 0.3) is 0 Å². The topological polar surface area (TPSA) is 29.3 Å². The van der Waals surface area contributed by atoms with Gasteiger partial charge < -0.3 is 10.6 Å². The van der Waals surface area contributed by atoms with Crippen LogP contribution in [0.25, 0.3) is 0 Å². The van der Waals surface area contributed by atoms with Gasteiger partial charge in [-0.15, -0.1) is 0 Å². The van der Waals surface area contributed by atoms with Gasteiger partial charge in [0.2, 0.25) is 0 Å². The summed E-state index contributed by atoms with van der Waals surface area (Å²) in [6.07, 6.45) is 11.1. The molecule has 2 heteroatoms. The van der Waals surface area contributed by atoms with Gasteiger partial charge in [0.1, 0.15) is 0 Å². The van der Waals surface area contributed by atoms with Crippen molar-refractivity contribution in [2.75, 3.05) is 13.1 Å². The van der Waals surface area contributed by atoms with Crippen molar-refractivity contribution in [3.8, 4) is 0 Å². The first-order valence-electron chi connectivity index (χ1n) is 9.40. The van der Waals surface area contributed by atoms with Crippen LogP contribution in [0.3, 0.4) is 0 Å². The van der Waals surface area contributed by atoms with Gasteiger partial charge in [-0.2, -0.15) is 0 Å². The molecule has 0 radical (unpaired) electrons. The van der Waals surface area contributed by atoms with E-state index in [1.165, 1.54) is 64.5 Å². The summed E-state index contributed by atoms with van der Waals surface area (Å²) >= 11 is 0. The zero-order valence-electron chi connectivity index (χ0n) is 14.9. The minimum absolute atomic E-state index is 0.336. The molecular formula is C19H38N2. The molecule has 2 saturated carbocycles. The molecule has 2 aliphatic rings. The maximum absolute atomic E-state index is 6.63. The lowest BCUT2D eigenvalue weighted by Crippen LogP contribution is -2.51. The van der Waals surface area contributed by atoms with Crippen molar-refractivity contribution in [2.24, 2.45) is 23.0 Å². The summed E-state index contributed by atoms with van der Waals surface area (Å²) in [6, 6.07) is 1.23. The first kappa shape index (κ1) is 17.3. The molecule has 0 spiro atoms. The minimum Gasteiger partial charge on any atom is -0.327 e. The molecule has 2 N–H and O–H groups in total. The summed E-state index contributed by atoms with van der Waals surface area (Å²) in [4.78, 5) is 2.82. The normalized spacial score (nSPS) is 30.4. The van der Waals surface area contributed by atoms with Crippen LogP contribution >= 0.6 is 0 Å². The van der Waals surface area contributed by atoms with Crippen molar-refractivity contribution < 1.29 is 0 Å². The van der Waals surface area contributed by atoms with E-state index in [9.17, 15) is 0 Å². The highest BCUT2D eigenvalue weighted by Crippen LogP contribution is 2.38. The monoisotopic (exact) mass is 294 g/mol. The van der Waals surface area contributed by atoms with E-state index in [2.05, 4.69) is 32.6 Å². The Labute approximate surface area is 132 Å². The average molecular weight is 295 g/mol. The van der Waals surface area contributed by atoms with Crippen LogP contribution in [0.2, 0.25) is 0 Å². The van der Waals surface area contributed by atoms with Crippen LogP contribution in [0.15, 0.2) is 0 Å². The third-order valence-corrected chi connectivity index (χ3v) is 6.11. The van der Waals surface area contributed by atoms with Gasteiger partial charge in [-0.25, -0.2) is 0 Å². The first-order chi connectivity index (χ1) is 9.90. The van der Waals surface area contributed by atoms with E-state index in [1.54, 1.807) is 0 Å². The third kappa shape index (κ3) is 4.69. The molecule has 2 aliphatic carbocycles. The summed E-state index contributed by atoms with van der Waals surface area (Å²) in [5, 5.41) is 0. The molecule has 0 aromatic heterocycles. The van der Waals surface area contributed by atoms with Crippen molar-refractivity contribution in [1.82, 2.24) is 4.90 Å². The second-order valence-electron chi connectivity index (χ2n) is 8.78. The molecule has 2 unspecified atom stereocenters. The van der Waals surface area contributed by atoms with Gasteiger partial charge in [0.05, 0.1) is 0 Å². The Bertz CT molecular complexity index is 305. The maximum atomic E-state index is 6.63. The van der Waals surface area contributed by atoms with Crippen LogP contribution < -0.4 is 5.73 Å². The van der Waals surface area contributed by atoms with Crippen molar-refractivity contribution in [3.63, 3.8) is 0 Å². The molecule has 2 atom stereocenters. The number of hydrogen-bond acceptors (Lipinski definition) is 2. The predicted molar refractivity (Wildman–Crippen MR) is 92.4 cm³/mol. The van der Waals surface area contributed by atoms with Gasteiger partial charge in [-0.05, 0) is 55.9 Å². The molecule has 0 bridgehead atoms. The van der Waals surface area contributed by atoms with Crippen LogP contribution in [0.1, 0.15) is 79.1 Å². The summed E-state index contributed by atoms with van der Waals surface area (Å²) < 4.78 is 0. The highest BCUT2D eigenvalue weighted by atomic mass is 15.2. The fourth-order valence-electron chi connectivity index (χ4n) is 4.43. The maximum Gasteiger partial charge on any atom is 0.0131 e. The zero-order valence-corrected chi connectivity index (χ0v) is 14.9. The first-order valence-corrected chi connectivity index (χ1v) is 9.40. The lowest BCUT2D eigenvalue weighted by Gasteiger charge is -2.44. The highest BCUT2D eigenvalue weighted by molar-refractivity contribution is 4.93. The van der Waals surface area contributed by atoms with Crippen LogP contribution in [0, 0.1) is 17.3 Å². The fourth-order valence-corrected chi connectivity index (χ4v) is 4.43. The third-order valence-electron chi connectivity index (χ3n) is 6.11. The molecule has 0 aromatic rings. The summed E-state index contributed by atoms with van der Waals surface area (Å²) in [6.45, 7) is 12.0. The van der Waals surface area contributed by atoms with Gasteiger partial charge >= 0.3 is 0 Å². The highest BCUT2D eigenvalue weighted by Gasteiger charge is 2.38. The van der Waals surface area contributed by atoms with E-state index in [-0.39, 0.29) is 0 Å². The van der Waals surface area contributed by atoms with Crippen molar-refractivity contribution in [3.05, 3.63) is 0 Å². The summed E-state index contributed by atoms with van der Waals surface area (Å²) in [5.41, 5.74) is 6.97. The van der Waals surface area contributed by atoms with Gasteiger partial charge in [-0.1, -0.05) is 47.0 Å². The average Bonchev–Trinajstić information content (AvgIpc) is 2.93. The molecule has 0 amide bonds. The van der Waals surface area contributed by atoms with Crippen LogP contribution in [-0.4, -0.2) is 30.1 Å². The van der Waals surface area contributed by atoms with E-state index >= 15 is 0 Å². The lowest BCUT2D eigenvalue weighted by molar-refractivity contribution is 0.0815. The van der Waals surface area contributed by atoms with Crippen LogP contribution in [0.4, 0.5) is 0 Å². The van der Waals surface area contributed by atoms with Crippen molar-refractivity contribution in [2.45, 2.75) is 91.1 Å².